The summed E-state index contributed by atoms with van der Waals surface area (Å²) >= 11 is 6.18. The summed E-state index contributed by atoms with van der Waals surface area (Å²) in [6, 6.07) is 6.58. The molecule has 18 heavy (non-hydrogen) atoms. The second-order valence-electron chi connectivity index (χ2n) is 4.46. The van der Waals surface area contributed by atoms with Crippen LogP contribution in [0.1, 0.15) is 24.4 Å². The zero-order valence-corrected chi connectivity index (χ0v) is 10.5. The van der Waals surface area contributed by atoms with Crippen LogP contribution in [0, 0.1) is 5.82 Å². The minimum Gasteiger partial charge on any atom is -0.350 e. The topological polar surface area (TPSA) is 31.9 Å². The third-order valence-corrected chi connectivity index (χ3v) is 3.71. The summed E-state index contributed by atoms with van der Waals surface area (Å²) in [5.74, 6) is 0.712. The van der Waals surface area contributed by atoms with E-state index in [9.17, 15) is 4.39 Å². The number of aromatic amines is 1. The van der Waals surface area contributed by atoms with E-state index in [-0.39, 0.29) is 11.9 Å². The molecule has 1 aliphatic rings. The Morgan fingerprint density at radius 1 is 1.39 bits per heavy atom. The van der Waals surface area contributed by atoms with E-state index in [1.807, 2.05) is 6.07 Å². The molecule has 2 aromatic rings. The van der Waals surface area contributed by atoms with Crippen LogP contribution in [0.4, 0.5) is 10.2 Å². The van der Waals surface area contributed by atoms with E-state index < -0.39 is 0 Å². The summed E-state index contributed by atoms with van der Waals surface area (Å²) < 4.78 is 13.4. The Morgan fingerprint density at radius 2 is 2.28 bits per heavy atom. The third kappa shape index (κ3) is 1.97. The van der Waals surface area contributed by atoms with Gasteiger partial charge in [-0.25, -0.2) is 4.39 Å². The smallest absolute Gasteiger partial charge is 0.124 e. The van der Waals surface area contributed by atoms with E-state index in [2.05, 4.69) is 15.1 Å². The predicted molar refractivity (Wildman–Crippen MR) is 69.3 cm³/mol. The number of H-pyrrole nitrogens is 1. The highest BCUT2D eigenvalue weighted by atomic mass is 35.5. The summed E-state index contributed by atoms with van der Waals surface area (Å²) in [5.41, 5.74) is 0.851. The molecule has 0 radical (unpaired) electrons. The monoisotopic (exact) mass is 265 g/mol. The van der Waals surface area contributed by atoms with Gasteiger partial charge < -0.3 is 4.90 Å². The standard InChI is InChI=1S/C13H13ClFN3/c14-11-4-3-9(15)8-10(11)12-2-1-7-18(12)13-5-6-16-17-13/h3-6,8,12H,1-2,7H2,(H,16,17). The number of nitrogens with one attached hydrogen (secondary N) is 1. The minimum absolute atomic E-state index is 0.119. The van der Waals surface area contributed by atoms with Crippen molar-refractivity contribution in [3.63, 3.8) is 0 Å². The molecule has 1 N–H and O–H groups in total. The van der Waals surface area contributed by atoms with Gasteiger partial charge in [0.15, 0.2) is 0 Å². The van der Waals surface area contributed by atoms with Crippen molar-refractivity contribution >= 4 is 17.4 Å². The van der Waals surface area contributed by atoms with Gasteiger partial charge in [-0.1, -0.05) is 11.6 Å². The lowest BCUT2D eigenvalue weighted by Crippen LogP contribution is -2.23. The van der Waals surface area contributed by atoms with Crippen LogP contribution in [0.3, 0.4) is 0 Å². The summed E-state index contributed by atoms with van der Waals surface area (Å²) in [5, 5.41) is 7.53. The van der Waals surface area contributed by atoms with Gasteiger partial charge in [-0.05, 0) is 36.6 Å². The van der Waals surface area contributed by atoms with Crippen LogP contribution in [-0.4, -0.2) is 16.7 Å². The Hall–Kier alpha value is -1.55. The first-order valence-corrected chi connectivity index (χ1v) is 6.34. The first kappa shape index (κ1) is 11.5. The van der Waals surface area contributed by atoms with Crippen molar-refractivity contribution < 1.29 is 4.39 Å². The van der Waals surface area contributed by atoms with Crippen LogP contribution < -0.4 is 4.90 Å². The van der Waals surface area contributed by atoms with E-state index >= 15 is 0 Å². The molecular weight excluding hydrogens is 253 g/mol. The van der Waals surface area contributed by atoms with E-state index in [1.54, 1.807) is 12.3 Å². The van der Waals surface area contributed by atoms with Crippen LogP contribution in [-0.2, 0) is 0 Å². The van der Waals surface area contributed by atoms with Crippen LogP contribution in [0.25, 0.3) is 0 Å². The summed E-state index contributed by atoms with van der Waals surface area (Å²) in [7, 11) is 0. The number of benzene rings is 1. The van der Waals surface area contributed by atoms with Gasteiger partial charge >= 0.3 is 0 Å². The molecule has 1 unspecified atom stereocenters. The SMILES string of the molecule is Fc1ccc(Cl)c(C2CCCN2c2ccn[nH]2)c1. The lowest BCUT2D eigenvalue weighted by molar-refractivity contribution is 0.618. The highest BCUT2D eigenvalue weighted by molar-refractivity contribution is 6.31. The number of aromatic nitrogens is 2. The summed E-state index contributed by atoms with van der Waals surface area (Å²) in [6.45, 7) is 0.930. The summed E-state index contributed by atoms with van der Waals surface area (Å²) in [4.78, 5) is 2.19. The number of anilines is 1. The zero-order valence-electron chi connectivity index (χ0n) is 9.74. The van der Waals surface area contributed by atoms with Gasteiger partial charge in [0, 0.05) is 17.6 Å². The third-order valence-electron chi connectivity index (χ3n) is 3.37. The lowest BCUT2D eigenvalue weighted by Gasteiger charge is -2.26. The number of rotatable bonds is 2. The normalized spacial score (nSPS) is 19.4. The van der Waals surface area contributed by atoms with Gasteiger partial charge in [0.2, 0.25) is 0 Å². The van der Waals surface area contributed by atoms with Crippen molar-refractivity contribution in [1.29, 1.82) is 0 Å². The van der Waals surface area contributed by atoms with Crippen molar-refractivity contribution in [1.82, 2.24) is 10.2 Å². The van der Waals surface area contributed by atoms with E-state index in [1.165, 1.54) is 12.1 Å². The fourth-order valence-corrected chi connectivity index (χ4v) is 2.80. The maximum Gasteiger partial charge on any atom is 0.124 e. The Morgan fingerprint density at radius 3 is 3.06 bits per heavy atom. The molecule has 2 heterocycles. The fourth-order valence-electron chi connectivity index (χ4n) is 2.56. The molecular formula is C13H13ClFN3. The fraction of sp³-hybridized carbons (Fsp3) is 0.308. The summed E-state index contributed by atoms with van der Waals surface area (Å²) in [6.07, 6.45) is 3.76. The molecule has 94 valence electrons. The Kier molecular flexibility index (Phi) is 2.96. The average Bonchev–Trinajstić information content (AvgIpc) is 3.00. The molecule has 0 aliphatic carbocycles. The van der Waals surface area contributed by atoms with Gasteiger partial charge in [-0.2, -0.15) is 5.10 Å². The first-order valence-electron chi connectivity index (χ1n) is 5.96. The van der Waals surface area contributed by atoms with Crippen LogP contribution >= 0.6 is 11.6 Å². The van der Waals surface area contributed by atoms with Gasteiger partial charge in [-0.3, -0.25) is 5.10 Å². The molecule has 3 rings (SSSR count). The molecule has 5 heteroatoms. The molecule has 1 aliphatic heterocycles. The first-order chi connectivity index (χ1) is 8.75. The molecule has 1 saturated heterocycles. The molecule has 1 aromatic heterocycles. The molecule has 1 atom stereocenters. The van der Waals surface area contributed by atoms with Gasteiger partial charge in [-0.15, -0.1) is 0 Å². The molecule has 3 nitrogen and oxygen atoms in total. The molecule has 1 fully saturated rings. The van der Waals surface area contributed by atoms with Gasteiger partial charge in [0.05, 0.1) is 12.2 Å². The van der Waals surface area contributed by atoms with Crippen molar-refractivity contribution in [2.45, 2.75) is 18.9 Å². The second-order valence-corrected chi connectivity index (χ2v) is 4.87. The van der Waals surface area contributed by atoms with Crippen molar-refractivity contribution in [3.8, 4) is 0 Å². The van der Waals surface area contributed by atoms with Crippen LogP contribution in [0.2, 0.25) is 5.02 Å². The Bertz CT molecular complexity index is 541. The van der Waals surface area contributed by atoms with Crippen LogP contribution in [0.5, 0.6) is 0 Å². The number of nitrogens with zero attached hydrogens (tertiary/aromatic N) is 2. The number of hydrogen-bond donors (Lipinski definition) is 1. The molecule has 0 saturated carbocycles. The minimum atomic E-state index is -0.245. The highest BCUT2D eigenvalue weighted by Gasteiger charge is 2.28. The zero-order chi connectivity index (χ0) is 12.5. The molecule has 0 amide bonds. The molecule has 0 spiro atoms. The lowest BCUT2D eigenvalue weighted by atomic mass is 10.0. The van der Waals surface area contributed by atoms with Crippen molar-refractivity contribution in [3.05, 3.63) is 46.9 Å². The Balaban J connectivity index is 1.97. The molecule has 0 bridgehead atoms. The largest absolute Gasteiger partial charge is 0.350 e. The number of hydrogen-bond acceptors (Lipinski definition) is 2. The van der Waals surface area contributed by atoms with Gasteiger partial charge in [0.1, 0.15) is 11.6 Å². The maximum absolute atomic E-state index is 13.4. The molecule has 1 aromatic carbocycles. The van der Waals surface area contributed by atoms with E-state index in [4.69, 9.17) is 11.6 Å². The quantitative estimate of drug-likeness (QED) is 0.901. The van der Waals surface area contributed by atoms with Gasteiger partial charge in [0.25, 0.3) is 0 Å². The van der Waals surface area contributed by atoms with Crippen LogP contribution in [0.15, 0.2) is 30.5 Å². The van der Waals surface area contributed by atoms with E-state index in [0.717, 1.165) is 30.8 Å². The average molecular weight is 266 g/mol. The number of halogens is 2. The van der Waals surface area contributed by atoms with Crippen molar-refractivity contribution in [2.24, 2.45) is 0 Å². The highest BCUT2D eigenvalue weighted by Crippen LogP contribution is 2.38. The van der Waals surface area contributed by atoms with Crippen molar-refractivity contribution in [2.75, 3.05) is 11.4 Å². The second kappa shape index (κ2) is 4.61. The Labute approximate surface area is 110 Å². The van der Waals surface area contributed by atoms with E-state index in [0.29, 0.717) is 5.02 Å². The predicted octanol–water partition coefficient (Wildman–Crippen LogP) is 3.54. The maximum atomic E-state index is 13.4.